The fourth-order valence-electron chi connectivity index (χ4n) is 2.67. The number of aromatic nitrogens is 3. The van der Waals surface area contributed by atoms with Crippen LogP contribution in [0, 0.1) is 0 Å². The SMILES string of the molecule is CCCn1c(SCC(=O)Nc2sc(CC)cc2C(=O)OC)nnc1-c1cccs1. The highest BCUT2D eigenvalue weighted by Crippen LogP contribution is 2.30. The molecule has 7 nitrogen and oxygen atoms in total. The lowest BCUT2D eigenvalue weighted by atomic mass is 10.2. The maximum absolute atomic E-state index is 12.5. The number of thioether (sulfide) groups is 1. The molecule has 0 aliphatic heterocycles. The van der Waals surface area contributed by atoms with Gasteiger partial charge in [0.2, 0.25) is 5.91 Å². The van der Waals surface area contributed by atoms with Gasteiger partial charge in [0, 0.05) is 11.4 Å². The smallest absolute Gasteiger partial charge is 0.340 e. The van der Waals surface area contributed by atoms with Gasteiger partial charge in [-0.1, -0.05) is 31.7 Å². The summed E-state index contributed by atoms with van der Waals surface area (Å²) in [5.74, 6) is 0.343. The maximum atomic E-state index is 12.5. The van der Waals surface area contributed by atoms with E-state index >= 15 is 0 Å². The molecule has 0 spiro atoms. The van der Waals surface area contributed by atoms with E-state index in [-0.39, 0.29) is 11.7 Å². The van der Waals surface area contributed by atoms with E-state index in [0.29, 0.717) is 15.7 Å². The Bertz CT molecular complexity index is 979. The molecule has 10 heteroatoms. The first kappa shape index (κ1) is 21.5. The van der Waals surface area contributed by atoms with Crippen LogP contribution >= 0.6 is 34.4 Å². The van der Waals surface area contributed by atoms with Crippen molar-refractivity contribution in [1.82, 2.24) is 14.8 Å². The minimum atomic E-state index is -0.452. The molecule has 3 aromatic rings. The third-order valence-electron chi connectivity index (χ3n) is 4.03. The highest BCUT2D eigenvalue weighted by Gasteiger charge is 2.20. The molecule has 3 heterocycles. The van der Waals surface area contributed by atoms with Crippen LogP contribution < -0.4 is 5.32 Å². The fourth-order valence-corrected chi connectivity index (χ4v) is 5.15. The number of carbonyl (C=O) groups excluding carboxylic acids is 2. The number of amides is 1. The molecule has 0 aliphatic carbocycles. The van der Waals surface area contributed by atoms with Gasteiger partial charge >= 0.3 is 5.97 Å². The Morgan fingerprint density at radius 3 is 2.79 bits per heavy atom. The molecule has 3 aromatic heterocycles. The fraction of sp³-hybridized carbons (Fsp3) is 0.368. The lowest BCUT2D eigenvalue weighted by Crippen LogP contribution is -2.16. The molecule has 0 radical (unpaired) electrons. The van der Waals surface area contributed by atoms with Gasteiger partial charge < -0.3 is 14.6 Å². The summed E-state index contributed by atoms with van der Waals surface area (Å²) in [6.07, 6.45) is 1.72. The van der Waals surface area contributed by atoms with Gasteiger partial charge in [-0.25, -0.2) is 4.79 Å². The number of nitrogens with zero attached hydrogens (tertiary/aromatic N) is 3. The first-order valence-electron chi connectivity index (χ1n) is 9.18. The minimum absolute atomic E-state index is 0.173. The molecule has 0 aromatic carbocycles. The second kappa shape index (κ2) is 10.0. The van der Waals surface area contributed by atoms with Gasteiger partial charge in [-0.3, -0.25) is 4.79 Å². The molecule has 0 fully saturated rings. The van der Waals surface area contributed by atoms with Crippen molar-refractivity contribution in [2.45, 2.75) is 38.4 Å². The van der Waals surface area contributed by atoms with Crippen molar-refractivity contribution in [2.75, 3.05) is 18.2 Å². The molecule has 0 aliphatic rings. The zero-order valence-corrected chi connectivity index (χ0v) is 18.9. The van der Waals surface area contributed by atoms with E-state index in [1.165, 1.54) is 30.2 Å². The average Bonchev–Trinajstić information content (AvgIpc) is 3.46. The van der Waals surface area contributed by atoms with Gasteiger partial charge in [-0.05, 0) is 30.4 Å². The van der Waals surface area contributed by atoms with Crippen LogP contribution in [0.1, 0.15) is 35.5 Å². The first-order chi connectivity index (χ1) is 14.1. The zero-order chi connectivity index (χ0) is 20.8. The van der Waals surface area contributed by atoms with Crippen LogP contribution in [-0.4, -0.2) is 39.5 Å². The minimum Gasteiger partial charge on any atom is -0.465 e. The van der Waals surface area contributed by atoms with Crippen LogP contribution in [0.3, 0.4) is 0 Å². The predicted octanol–water partition coefficient (Wildman–Crippen LogP) is 4.56. The van der Waals surface area contributed by atoms with Gasteiger partial charge in [-0.15, -0.1) is 32.9 Å². The van der Waals surface area contributed by atoms with Crippen molar-refractivity contribution in [1.29, 1.82) is 0 Å². The topological polar surface area (TPSA) is 86.1 Å². The van der Waals surface area contributed by atoms with Crippen molar-refractivity contribution in [2.24, 2.45) is 0 Å². The van der Waals surface area contributed by atoms with Crippen molar-refractivity contribution in [3.63, 3.8) is 0 Å². The summed E-state index contributed by atoms with van der Waals surface area (Å²) in [4.78, 5) is 26.5. The third-order valence-corrected chi connectivity index (χ3v) is 7.06. The zero-order valence-electron chi connectivity index (χ0n) is 16.4. The van der Waals surface area contributed by atoms with Crippen molar-refractivity contribution in [3.8, 4) is 10.7 Å². The Morgan fingerprint density at radius 2 is 2.14 bits per heavy atom. The highest BCUT2D eigenvalue weighted by molar-refractivity contribution is 7.99. The molecule has 29 heavy (non-hydrogen) atoms. The number of hydrogen-bond acceptors (Lipinski definition) is 8. The number of esters is 1. The van der Waals surface area contributed by atoms with Crippen LogP contribution in [0.2, 0.25) is 0 Å². The van der Waals surface area contributed by atoms with E-state index in [4.69, 9.17) is 4.74 Å². The van der Waals surface area contributed by atoms with Gasteiger partial charge in [0.25, 0.3) is 0 Å². The van der Waals surface area contributed by atoms with E-state index in [0.717, 1.165) is 35.0 Å². The summed E-state index contributed by atoms with van der Waals surface area (Å²) in [6.45, 7) is 4.87. The molecule has 0 saturated heterocycles. The number of nitrogens with one attached hydrogen (secondary N) is 1. The lowest BCUT2D eigenvalue weighted by Gasteiger charge is -2.08. The second-order valence-corrected chi connectivity index (χ2v) is 9.10. The summed E-state index contributed by atoms with van der Waals surface area (Å²) < 4.78 is 6.86. The van der Waals surface area contributed by atoms with E-state index in [1.807, 2.05) is 29.0 Å². The van der Waals surface area contributed by atoms with E-state index in [9.17, 15) is 9.59 Å². The van der Waals surface area contributed by atoms with Crippen LogP contribution in [0.25, 0.3) is 10.7 Å². The van der Waals surface area contributed by atoms with Gasteiger partial charge in [0.1, 0.15) is 5.00 Å². The Labute approximate surface area is 181 Å². The molecule has 3 rings (SSSR count). The average molecular weight is 451 g/mol. The number of rotatable bonds is 9. The van der Waals surface area contributed by atoms with Crippen molar-refractivity contribution in [3.05, 3.63) is 34.0 Å². The van der Waals surface area contributed by atoms with Crippen molar-refractivity contribution >= 4 is 51.3 Å². The molecule has 154 valence electrons. The number of thiophene rings is 2. The number of hydrogen-bond donors (Lipinski definition) is 1. The summed E-state index contributed by atoms with van der Waals surface area (Å²) in [7, 11) is 1.33. The molecule has 0 unspecified atom stereocenters. The second-order valence-electron chi connectivity index (χ2n) is 6.07. The monoisotopic (exact) mass is 450 g/mol. The van der Waals surface area contributed by atoms with E-state index in [1.54, 1.807) is 17.4 Å². The van der Waals surface area contributed by atoms with E-state index in [2.05, 4.69) is 22.4 Å². The number of ether oxygens (including phenoxy) is 1. The van der Waals surface area contributed by atoms with E-state index < -0.39 is 5.97 Å². The van der Waals surface area contributed by atoms with Crippen LogP contribution in [0.5, 0.6) is 0 Å². The maximum Gasteiger partial charge on any atom is 0.340 e. The quantitative estimate of drug-likeness (QED) is 0.380. The number of methoxy groups -OCH3 is 1. The summed E-state index contributed by atoms with van der Waals surface area (Å²) in [5, 5.41) is 14.7. The molecular weight excluding hydrogens is 428 g/mol. The van der Waals surface area contributed by atoms with Crippen molar-refractivity contribution < 1.29 is 14.3 Å². The number of anilines is 1. The van der Waals surface area contributed by atoms with Gasteiger partial charge in [0.05, 0.1) is 23.3 Å². The Hall–Kier alpha value is -2.17. The summed E-state index contributed by atoms with van der Waals surface area (Å²) in [6, 6.07) is 5.76. The molecule has 0 bridgehead atoms. The molecule has 0 saturated carbocycles. The number of aryl methyl sites for hydroxylation is 1. The third kappa shape index (κ3) is 5.06. The lowest BCUT2D eigenvalue weighted by molar-refractivity contribution is -0.113. The first-order valence-corrected chi connectivity index (χ1v) is 11.9. The van der Waals surface area contributed by atoms with Gasteiger partial charge in [0.15, 0.2) is 11.0 Å². The summed E-state index contributed by atoms with van der Waals surface area (Å²) in [5.41, 5.74) is 0.391. The molecule has 1 N–H and O–H groups in total. The molecule has 1 amide bonds. The molecule has 0 atom stereocenters. The highest BCUT2D eigenvalue weighted by atomic mass is 32.2. The number of carbonyl (C=O) groups is 2. The van der Waals surface area contributed by atoms with Crippen LogP contribution in [-0.2, 0) is 22.5 Å². The Balaban J connectivity index is 1.70. The Kier molecular flexibility index (Phi) is 7.45. The van der Waals surface area contributed by atoms with Gasteiger partial charge in [-0.2, -0.15) is 0 Å². The normalized spacial score (nSPS) is 10.9. The largest absolute Gasteiger partial charge is 0.465 e. The van der Waals surface area contributed by atoms with Crippen LogP contribution in [0.15, 0.2) is 28.7 Å². The summed E-state index contributed by atoms with van der Waals surface area (Å²) >= 11 is 4.34. The predicted molar refractivity (Wildman–Crippen MR) is 118 cm³/mol. The standard InChI is InChI=1S/C19H22N4O3S3/c1-4-8-23-16(14-7-6-9-27-14)21-22-19(23)28-11-15(24)20-17-13(18(25)26-3)10-12(5-2)29-17/h6-7,9-10H,4-5,8,11H2,1-3H3,(H,20,24). The van der Waals surface area contributed by atoms with Crippen LogP contribution in [0.4, 0.5) is 5.00 Å². The molecular formula is C19H22N4O3S3. The Morgan fingerprint density at radius 1 is 1.31 bits per heavy atom.